The minimum Gasteiger partial charge on any atom is -0.750 e. The molecule has 0 aliphatic carbocycles. The van der Waals surface area contributed by atoms with E-state index in [2.05, 4.69) is 0 Å². The molecule has 0 rings (SSSR count). The SMILES string of the molecule is O=S([O-])OC(F)(F)C(F)(F)C(F)(F)C(F)(F)C(F)(F)C(F)(F)F.[K+]. The van der Waals surface area contributed by atoms with E-state index in [1.807, 2.05) is 4.18 Å². The second-order valence-corrected chi connectivity index (χ2v) is 4.17. The van der Waals surface area contributed by atoms with Gasteiger partial charge in [-0.25, -0.2) is 8.39 Å². The molecule has 140 valence electrons. The maximum atomic E-state index is 12.7. The van der Waals surface area contributed by atoms with Crippen molar-refractivity contribution in [2.45, 2.75) is 36.0 Å². The van der Waals surface area contributed by atoms with E-state index in [-0.39, 0.29) is 51.4 Å². The second kappa shape index (κ2) is 7.43. The van der Waals surface area contributed by atoms with Gasteiger partial charge in [-0.2, -0.15) is 57.1 Å². The Morgan fingerprint density at radius 1 is 0.625 bits per heavy atom. The topological polar surface area (TPSA) is 49.4 Å². The van der Waals surface area contributed by atoms with Gasteiger partial charge in [-0.05, 0) is 0 Å². The monoisotopic (exact) mass is 438 g/mol. The molecular formula is C6F13KO3S. The third-order valence-corrected chi connectivity index (χ3v) is 2.42. The third kappa shape index (κ3) is 4.20. The molecule has 3 nitrogen and oxygen atoms in total. The molecule has 0 heterocycles. The fourth-order valence-corrected chi connectivity index (χ4v) is 1.17. The van der Waals surface area contributed by atoms with E-state index in [9.17, 15) is 65.8 Å². The fourth-order valence-electron chi connectivity index (χ4n) is 0.893. The van der Waals surface area contributed by atoms with Crippen molar-refractivity contribution >= 4 is 11.4 Å². The Kier molecular flexibility index (Phi) is 8.36. The van der Waals surface area contributed by atoms with Crippen molar-refractivity contribution in [2.24, 2.45) is 0 Å². The van der Waals surface area contributed by atoms with E-state index in [1.54, 1.807) is 0 Å². The van der Waals surface area contributed by atoms with E-state index >= 15 is 0 Å². The van der Waals surface area contributed by atoms with Crippen LogP contribution in [0.3, 0.4) is 0 Å². The standard InChI is InChI=1S/C6HF13O3S.K/c7-1(8,3(11,12)5(15,16)17)2(9,10)4(13,14)6(18,19)22-23(20)21;/h(H,20,21);/q;+1/p-1. The minimum atomic E-state index is -8.10. The first kappa shape index (κ1) is 27.0. The summed E-state index contributed by atoms with van der Waals surface area (Å²) >= 11 is -4.75. The van der Waals surface area contributed by atoms with E-state index in [0.717, 1.165) is 0 Å². The van der Waals surface area contributed by atoms with Gasteiger partial charge in [0.05, 0.1) is 11.4 Å². The number of hydrogen-bond acceptors (Lipinski definition) is 3. The second-order valence-electron chi connectivity index (χ2n) is 3.60. The summed E-state index contributed by atoms with van der Waals surface area (Å²) in [7, 11) is 0. The molecule has 0 aromatic heterocycles. The van der Waals surface area contributed by atoms with Crippen molar-refractivity contribution in [1.82, 2.24) is 0 Å². The predicted molar refractivity (Wildman–Crippen MR) is 40.8 cm³/mol. The van der Waals surface area contributed by atoms with Crippen LogP contribution in [0.1, 0.15) is 0 Å². The zero-order chi connectivity index (χ0) is 19.3. The summed E-state index contributed by atoms with van der Waals surface area (Å²) in [5.41, 5.74) is 0. The van der Waals surface area contributed by atoms with Crippen LogP contribution >= 0.6 is 0 Å². The van der Waals surface area contributed by atoms with Crippen molar-refractivity contribution in [2.75, 3.05) is 0 Å². The molecule has 1 atom stereocenters. The van der Waals surface area contributed by atoms with Crippen LogP contribution in [0.15, 0.2) is 0 Å². The Labute approximate surface area is 167 Å². The number of halogens is 13. The molecule has 0 amide bonds. The molecule has 1 unspecified atom stereocenters. The molecule has 0 fully saturated rings. The molecule has 0 aliphatic rings. The summed E-state index contributed by atoms with van der Waals surface area (Å²) in [5.74, 6) is -31.8. The molecule has 18 heteroatoms. The van der Waals surface area contributed by atoms with Gasteiger partial charge in [0.25, 0.3) is 0 Å². The van der Waals surface area contributed by atoms with Crippen molar-refractivity contribution < 1.29 is 121 Å². The van der Waals surface area contributed by atoms with Crippen LogP contribution in [-0.4, -0.2) is 44.7 Å². The average Bonchev–Trinajstić information content (AvgIpc) is 2.24. The number of alkyl halides is 13. The van der Waals surface area contributed by atoms with Gasteiger partial charge < -0.3 is 4.55 Å². The average molecular weight is 438 g/mol. The van der Waals surface area contributed by atoms with Crippen molar-refractivity contribution in [3.05, 3.63) is 0 Å². The van der Waals surface area contributed by atoms with Crippen LogP contribution in [-0.2, 0) is 15.5 Å². The summed E-state index contributed by atoms with van der Waals surface area (Å²) in [6.45, 7) is 0. The van der Waals surface area contributed by atoms with Gasteiger partial charge in [-0.15, -0.1) is 0 Å². The maximum absolute atomic E-state index is 12.7. The number of hydrogen-bond donors (Lipinski definition) is 0. The van der Waals surface area contributed by atoms with Crippen LogP contribution in [0.5, 0.6) is 0 Å². The molecule has 0 bridgehead atoms. The molecule has 0 N–H and O–H groups in total. The zero-order valence-electron chi connectivity index (χ0n) is 10.5. The van der Waals surface area contributed by atoms with Crippen LogP contribution < -0.4 is 51.4 Å². The zero-order valence-corrected chi connectivity index (χ0v) is 14.5. The molecule has 24 heavy (non-hydrogen) atoms. The fraction of sp³-hybridized carbons (Fsp3) is 1.00. The van der Waals surface area contributed by atoms with E-state index < -0.39 is 47.3 Å². The molecule has 0 aromatic carbocycles. The molecule has 0 radical (unpaired) electrons. The predicted octanol–water partition coefficient (Wildman–Crippen LogP) is 0.497. The van der Waals surface area contributed by atoms with E-state index in [1.165, 1.54) is 0 Å². The molecule has 0 saturated heterocycles. The Bertz CT molecular complexity index is 475. The van der Waals surface area contributed by atoms with Gasteiger partial charge in [0.15, 0.2) is 0 Å². The smallest absolute Gasteiger partial charge is 0.750 e. The Hall–Kier alpha value is 0.796. The maximum Gasteiger partial charge on any atom is 1.00 e. The van der Waals surface area contributed by atoms with Gasteiger partial charge >= 0.3 is 87.4 Å². The van der Waals surface area contributed by atoms with Crippen molar-refractivity contribution in [3.8, 4) is 0 Å². The van der Waals surface area contributed by atoms with Gasteiger partial charge in [-0.1, -0.05) is 0 Å². The van der Waals surface area contributed by atoms with Crippen LogP contribution in [0.2, 0.25) is 0 Å². The van der Waals surface area contributed by atoms with E-state index in [0.29, 0.717) is 0 Å². The Morgan fingerprint density at radius 2 is 0.917 bits per heavy atom. The summed E-state index contributed by atoms with van der Waals surface area (Å²) in [4.78, 5) is 0. The first-order chi connectivity index (χ1) is 9.67. The summed E-state index contributed by atoms with van der Waals surface area (Å²) < 4.78 is 181. The molecule has 0 spiro atoms. The van der Waals surface area contributed by atoms with Crippen molar-refractivity contribution in [1.29, 1.82) is 0 Å². The molecular weight excluding hydrogens is 438 g/mol. The Balaban J connectivity index is 0. The van der Waals surface area contributed by atoms with Gasteiger partial charge in [-0.3, -0.25) is 0 Å². The Morgan fingerprint density at radius 3 is 1.17 bits per heavy atom. The van der Waals surface area contributed by atoms with Gasteiger partial charge in [0.2, 0.25) is 0 Å². The molecule has 0 aliphatic heterocycles. The summed E-state index contributed by atoms with van der Waals surface area (Å²) in [6, 6.07) is 0. The quantitative estimate of drug-likeness (QED) is 0.345. The van der Waals surface area contributed by atoms with Gasteiger partial charge in [0.1, 0.15) is 0 Å². The normalized spacial score (nSPS) is 16.6. The first-order valence-electron chi connectivity index (χ1n) is 4.41. The molecule has 0 aromatic rings. The number of rotatable bonds is 6. The van der Waals surface area contributed by atoms with Crippen LogP contribution in [0.4, 0.5) is 57.1 Å². The van der Waals surface area contributed by atoms with E-state index in [4.69, 9.17) is 0 Å². The summed E-state index contributed by atoms with van der Waals surface area (Å²) in [6.07, 6.45) is -14.6. The van der Waals surface area contributed by atoms with Gasteiger partial charge in [0, 0.05) is 0 Å². The minimum absolute atomic E-state index is 0. The third-order valence-electron chi connectivity index (χ3n) is 2.08. The van der Waals surface area contributed by atoms with Crippen LogP contribution in [0, 0.1) is 0 Å². The largest absolute Gasteiger partial charge is 1.00 e. The summed E-state index contributed by atoms with van der Waals surface area (Å²) in [5, 5.41) is 0. The van der Waals surface area contributed by atoms with Crippen LogP contribution in [0.25, 0.3) is 0 Å². The molecule has 0 saturated carbocycles. The van der Waals surface area contributed by atoms with Crippen molar-refractivity contribution in [3.63, 3.8) is 0 Å². The first-order valence-corrected chi connectivity index (χ1v) is 5.41.